The fraction of sp³-hybridized carbons (Fsp3) is 0.545. The van der Waals surface area contributed by atoms with Gasteiger partial charge in [0.25, 0.3) is 5.78 Å². The van der Waals surface area contributed by atoms with Crippen molar-refractivity contribution in [3.63, 3.8) is 0 Å². The number of rotatable bonds is 6. The highest BCUT2D eigenvalue weighted by molar-refractivity contribution is 6.62. The molecule has 20 heavy (non-hydrogen) atoms. The molecule has 1 heterocycles. The van der Waals surface area contributed by atoms with Gasteiger partial charge in [-0.2, -0.15) is 10.1 Å². The zero-order valence-corrected chi connectivity index (χ0v) is 10.8. The van der Waals surface area contributed by atoms with Crippen molar-refractivity contribution in [2.45, 2.75) is 25.9 Å². The van der Waals surface area contributed by atoms with E-state index in [2.05, 4.69) is 15.4 Å². The lowest BCUT2D eigenvalue weighted by Gasteiger charge is -2.42. The third kappa shape index (κ3) is 2.65. The second-order valence-electron chi connectivity index (χ2n) is 4.51. The normalized spacial score (nSPS) is 23.1. The first-order valence-electron chi connectivity index (χ1n) is 5.79. The number of nitrogens with zero attached hydrogens (tertiary/aromatic N) is 3. The summed E-state index contributed by atoms with van der Waals surface area (Å²) in [6, 6.07) is -1.12. The smallest absolute Gasteiger partial charge is 0.441 e. The summed E-state index contributed by atoms with van der Waals surface area (Å²) in [6.07, 6.45) is 1.71. The molecule has 106 valence electrons. The molecule has 0 aromatic carbocycles. The molecule has 3 N–H and O–H groups in total. The Kier molecular flexibility index (Phi) is 4.56. The van der Waals surface area contributed by atoms with E-state index in [-0.39, 0.29) is 5.91 Å². The Morgan fingerprint density at radius 2 is 2.15 bits per heavy atom. The Hall–Kier alpha value is -2.72. The zero-order valence-electron chi connectivity index (χ0n) is 10.8. The summed E-state index contributed by atoms with van der Waals surface area (Å²) in [4.78, 5) is 36.6. The van der Waals surface area contributed by atoms with Crippen molar-refractivity contribution in [3.8, 4) is 6.19 Å². The number of carbonyl (C=O) groups is 3. The molecule has 0 radical (unpaired) electrons. The molecule has 1 aliphatic heterocycles. The summed E-state index contributed by atoms with van der Waals surface area (Å²) in [5.41, 5.74) is 7.56. The van der Waals surface area contributed by atoms with Gasteiger partial charge in [0.2, 0.25) is 5.91 Å². The maximum Gasteiger partial charge on any atom is 0.441 e. The fourth-order valence-corrected chi connectivity index (χ4v) is 2.16. The van der Waals surface area contributed by atoms with E-state index in [0.29, 0.717) is 0 Å². The molecule has 0 spiro atoms. The third-order valence-electron chi connectivity index (χ3n) is 3.32. The molecule has 0 aromatic heterocycles. The minimum Gasteiger partial charge on any atom is -0.472 e. The van der Waals surface area contributed by atoms with Crippen molar-refractivity contribution in [1.82, 2.24) is 10.6 Å². The largest absolute Gasteiger partial charge is 0.472 e. The van der Waals surface area contributed by atoms with E-state index < -0.39 is 41.4 Å². The molecule has 1 saturated heterocycles. The molecule has 0 saturated carbocycles. The molecule has 1 rings (SSSR count). The molecule has 1 aliphatic rings. The van der Waals surface area contributed by atoms with Gasteiger partial charge in [0, 0.05) is 12.0 Å². The average Bonchev–Trinajstić information content (AvgIpc) is 2.35. The monoisotopic (exact) mass is 279 g/mol. The van der Waals surface area contributed by atoms with Crippen LogP contribution < -0.4 is 10.6 Å². The topological polar surface area (TPSA) is 156 Å². The van der Waals surface area contributed by atoms with Crippen LogP contribution in [-0.4, -0.2) is 45.4 Å². The molecular formula is C11H13N5O4. The first-order valence-corrected chi connectivity index (χ1v) is 5.79. The van der Waals surface area contributed by atoms with Gasteiger partial charge in [-0.1, -0.05) is 6.92 Å². The van der Waals surface area contributed by atoms with E-state index in [9.17, 15) is 14.4 Å². The van der Waals surface area contributed by atoms with E-state index in [0.717, 1.165) is 0 Å². The van der Waals surface area contributed by atoms with Gasteiger partial charge in [-0.25, -0.2) is 4.79 Å². The Morgan fingerprint density at radius 3 is 2.55 bits per heavy atom. The van der Waals surface area contributed by atoms with E-state index in [1.54, 1.807) is 13.1 Å². The van der Waals surface area contributed by atoms with Crippen molar-refractivity contribution in [2.24, 2.45) is 11.8 Å². The molecule has 1 fully saturated rings. The van der Waals surface area contributed by atoms with Gasteiger partial charge in [0.1, 0.15) is 0 Å². The predicted molar refractivity (Wildman–Crippen MR) is 64.1 cm³/mol. The molecule has 0 aliphatic carbocycles. The Labute approximate surface area is 114 Å². The maximum absolute atomic E-state index is 11.9. The lowest BCUT2D eigenvalue weighted by molar-refractivity contribution is -0.141. The first-order chi connectivity index (χ1) is 9.34. The fourth-order valence-electron chi connectivity index (χ4n) is 2.16. The lowest BCUT2D eigenvalue weighted by Crippen LogP contribution is -2.67. The number of aliphatic carboxylic acids is 1. The van der Waals surface area contributed by atoms with Crippen LogP contribution in [0.15, 0.2) is 0 Å². The number of β-lactam (4-membered cyclic amide) rings is 1. The summed E-state index contributed by atoms with van der Waals surface area (Å²) in [5.74, 6) is -4.39. The van der Waals surface area contributed by atoms with Crippen LogP contribution >= 0.6 is 0 Å². The molecule has 1 amide bonds. The Morgan fingerprint density at radius 1 is 1.55 bits per heavy atom. The molecule has 9 nitrogen and oxygen atoms in total. The molecule has 0 bridgehead atoms. The number of carbonyl (C=O) groups excluding carboxylic acids is 2. The number of carboxylic acid groups (broad SMARTS) is 1. The molecule has 4 atom stereocenters. The van der Waals surface area contributed by atoms with E-state index in [1.807, 2.05) is 0 Å². The second kappa shape index (κ2) is 5.95. The number of nitrogens with one attached hydrogen (secondary N) is 2. The van der Waals surface area contributed by atoms with Gasteiger partial charge in [0.15, 0.2) is 6.19 Å². The van der Waals surface area contributed by atoms with Crippen molar-refractivity contribution in [2.75, 3.05) is 0 Å². The SMILES string of the molecule is CC(C(=O)C(=[N+]=[N-])C(=O)O)[C@H]1NC(=O)[C@@H]1[C@@H](C)NC#N. The summed E-state index contributed by atoms with van der Waals surface area (Å²) in [6.45, 7) is 3.03. The van der Waals surface area contributed by atoms with Crippen LogP contribution in [0, 0.1) is 23.3 Å². The van der Waals surface area contributed by atoms with Gasteiger partial charge in [0.05, 0.1) is 12.0 Å². The molecule has 0 aromatic rings. The van der Waals surface area contributed by atoms with Crippen LogP contribution in [0.4, 0.5) is 0 Å². The van der Waals surface area contributed by atoms with Crippen LogP contribution in [0.5, 0.6) is 0 Å². The number of hydrogen-bond acceptors (Lipinski definition) is 5. The van der Waals surface area contributed by atoms with Gasteiger partial charge >= 0.3 is 11.7 Å². The highest BCUT2D eigenvalue weighted by Gasteiger charge is 2.50. The standard InChI is InChI=1S/C11H13N5O4/c1-4(9(17)8(16-13)11(19)20)7-6(10(18)15-7)5(2)14-3-12/h4-7,14H,1-2H3,(H,15,18)(H,19,20)/t4?,5-,6-,7-/m1/s1. The van der Waals surface area contributed by atoms with Crippen LogP contribution in [-0.2, 0) is 14.4 Å². The minimum atomic E-state index is -1.64. The Balaban J connectivity index is 2.88. The van der Waals surface area contributed by atoms with Crippen LogP contribution in [0.1, 0.15) is 13.8 Å². The van der Waals surface area contributed by atoms with Gasteiger partial charge < -0.3 is 21.3 Å². The van der Waals surface area contributed by atoms with Crippen molar-refractivity contribution in [1.29, 1.82) is 5.26 Å². The number of hydrogen-bond donors (Lipinski definition) is 3. The number of amides is 1. The number of Topliss-reactive ketones (excluding diaryl/α,β-unsaturated/α-hetero) is 1. The summed E-state index contributed by atoms with van der Waals surface area (Å²) >= 11 is 0. The highest BCUT2D eigenvalue weighted by Crippen LogP contribution is 2.26. The number of nitriles is 1. The third-order valence-corrected chi connectivity index (χ3v) is 3.32. The minimum absolute atomic E-state index is 0.331. The summed E-state index contributed by atoms with van der Waals surface area (Å²) < 4.78 is 0. The van der Waals surface area contributed by atoms with E-state index in [4.69, 9.17) is 15.9 Å². The van der Waals surface area contributed by atoms with E-state index in [1.165, 1.54) is 6.92 Å². The van der Waals surface area contributed by atoms with Gasteiger partial charge in [-0.05, 0) is 6.92 Å². The van der Waals surface area contributed by atoms with Crippen molar-refractivity contribution < 1.29 is 24.3 Å². The molecule has 9 heteroatoms. The van der Waals surface area contributed by atoms with E-state index >= 15 is 0 Å². The number of carboxylic acids is 1. The highest BCUT2D eigenvalue weighted by atomic mass is 16.4. The van der Waals surface area contributed by atoms with Gasteiger partial charge in [-0.15, -0.1) is 0 Å². The molecular weight excluding hydrogens is 266 g/mol. The quantitative estimate of drug-likeness (QED) is 0.102. The van der Waals surface area contributed by atoms with Crippen LogP contribution in [0.2, 0.25) is 0 Å². The first kappa shape index (κ1) is 15.3. The zero-order chi connectivity index (χ0) is 15.4. The maximum atomic E-state index is 11.9. The average molecular weight is 279 g/mol. The number of ketones is 1. The summed E-state index contributed by atoms with van der Waals surface area (Å²) in [7, 11) is 0. The lowest BCUT2D eigenvalue weighted by atomic mass is 9.75. The molecule has 1 unspecified atom stereocenters. The van der Waals surface area contributed by atoms with Gasteiger partial charge in [-0.3, -0.25) is 9.59 Å². The second-order valence-corrected chi connectivity index (χ2v) is 4.51. The van der Waals surface area contributed by atoms with Crippen LogP contribution in [0.3, 0.4) is 0 Å². The summed E-state index contributed by atoms with van der Waals surface area (Å²) in [5, 5.41) is 22.2. The predicted octanol–water partition coefficient (Wildman–Crippen LogP) is -1.48. The Bertz CT molecular complexity index is 546. The van der Waals surface area contributed by atoms with Crippen molar-refractivity contribution in [3.05, 3.63) is 5.53 Å². The van der Waals surface area contributed by atoms with Crippen LogP contribution in [0.25, 0.3) is 5.53 Å². The van der Waals surface area contributed by atoms with Crippen molar-refractivity contribution >= 4 is 23.4 Å².